The van der Waals surface area contributed by atoms with Gasteiger partial charge >= 0.3 is 12.1 Å². The molecule has 0 amide bonds. The molecule has 0 aliphatic carbocycles. The monoisotopic (exact) mass is 515 g/mol. The number of hydrogen-bond donors (Lipinski definition) is 0. The minimum absolute atomic E-state index is 0.0756. The normalized spacial score (nSPS) is 14.4. The van der Waals surface area contributed by atoms with E-state index in [1.54, 1.807) is 0 Å². The van der Waals surface area contributed by atoms with Crippen molar-refractivity contribution in [3.05, 3.63) is 77.6 Å². The molecule has 0 saturated heterocycles. The van der Waals surface area contributed by atoms with E-state index in [9.17, 15) is 22.4 Å². The van der Waals surface area contributed by atoms with Gasteiger partial charge in [0.1, 0.15) is 12.4 Å². The van der Waals surface area contributed by atoms with Crippen LogP contribution in [0.2, 0.25) is 0 Å². The van der Waals surface area contributed by atoms with Crippen LogP contribution in [0.4, 0.5) is 23.2 Å². The molecule has 0 fully saturated rings. The van der Waals surface area contributed by atoms with Crippen LogP contribution in [0.5, 0.6) is 11.5 Å². The molecule has 196 valence electrons. The Morgan fingerprint density at radius 2 is 1.70 bits per heavy atom. The van der Waals surface area contributed by atoms with Crippen molar-refractivity contribution in [2.24, 2.45) is 0 Å². The number of alkyl halides is 3. The average Bonchev–Trinajstić information content (AvgIpc) is 3.09. The number of carbonyl (C=O) groups is 1. The van der Waals surface area contributed by atoms with Gasteiger partial charge in [0.05, 0.1) is 12.1 Å². The van der Waals surface area contributed by atoms with Gasteiger partial charge < -0.3 is 14.4 Å². The Morgan fingerprint density at radius 3 is 2.35 bits per heavy atom. The molecule has 1 aliphatic rings. The van der Waals surface area contributed by atoms with Crippen molar-refractivity contribution >= 4 is 11.7 Å². The maximum Gasteiger partial charge on any atom is 0.416 e. The van der Waals surface area contributed by atoms with E-state index in [-0.39, 0.29) is 29.9 Å². The molecule has 0 aromatic heterocycles. The molecule has 0 saturated carbocycles. The highest BCUT2D eigenvalue weighted by Gasteiger charge is 2.35. The van der Waals surface area contributed by atoms with Crippen LogP contribution in [0.15, 0.2) is 60.7 Å². The van der Waals surface area contributed by atoms with Gasteiger partial charge in [-0.2, -0.15) is 13.2 Å². The Hall–Kier alpha value is -3.55. The fourth-order valence-electron chi connectivity index (χ4n) is 4.55. The van der Waals surface area contributed by atoms with Gasteiger partial charge in [0.2, 0.25) is 0 Å². The number of carbonyl (C=O) groups excluding carboxylic acids is 1. The van der Waals surface area contributed by atoms with E-state index in [2.05, 4.69) is 18.7 Å². The third-order valence-electron chi connectivity index (χ3n) is 6.41. The molecular formula is C29H29F4NO3. The van der Waals surface area contributed by atoms with E-state index in [1.165, 1.54) is 24.3 Å². The third-order valence-corrected chi connectivity index (χ3v) is 6.41. The van der Waals surface area contributed by atoms with Crippen molar-refractivity contribution < 1.29 is 31.8 Å². The first-order valence-corrected chi connectivity index (χ1v) is 12.2. The highest BCUT2D eigenvalue weighted by molar-refractivity contribution is 5.73. The van der Waals surface area contributed by atoms with Crippen molar-refractivity contribution in [2.75, 3.05) is 24.6 Å². The topological polar surface area (TPSA) is 38.8 Å². The van der Waals surface area contributed by atoms with Gasteiger partial charge in [0.15, 0.2) is 11.6 Å². The number of halogens is 4. The maximum absolute atomic E-state index is 14.5. The predicted octanol–water partition coefficient (Wildman–Crippen LogP) is 7.39. The van der Waals surface area contributed by atoms with Crippen molar-refractivity contribution in [2.45, 2.75) is 45.2 Å². The number of esters is 1. The number of anilines is 1. The summed E-state index contributed by atoms with van der Waals surface area (Å²) in [5, 5.41) is 0. The summed E-state index contributed by atoms with van der Waals surface area (Å²) >= 11 is 0. The second kappa shape index (κ2) is 10.4. The maximum atomic E-state index is 14.5. The summed E-state index contributed by atoms with van der Waals surface area (Å²) in [6.07, 6.45) is -3.46. The minimum atomic E-state index is -4.37. The second-order valence-corrected chi connectivity index (χ2v) is 9.78. The third kappa shape index (κ3) is 6.06. The number of rotatable bonds is 8. The summed E-state index contributed by atoms with van der Waals surface area (Å²) in [7, 11) is 0. The number of fused-ring (bicyclic) bond motifs is 1. The second-order valence-electron chi connectivity index (χ2n) is 9.78. The van der Waals surface area contributed by atoms with Crippen LogP contribution in [0.3, 0.4) is 0 Å². The zero-order valence-electron chi connectivity index (χ0n) is 21.0. The van der Waals surface area contributed by atoms with Gasteiger partial charge in [-0.15, -0.1) is 0 Å². The molecule has 0 unspecified atom stereocenters. The van der Waals surface area contributed by atoms with Crippen LogP contribution >= 0.6 is 0 Å². The molecule has 0 N–H and O–H groups in total. The molecule has 0 spiro atoms. The van der Waals surface area contributed by atoms with Gasteiger partial charge in [-0.25, -0.2) is 4.39 Å². The fraction of sp³-hybridized carbons (Fsp3) is 0.345. The number of ether oxygens (including phenoxy) is 2. The highest BCUT2D eigenvalue weighted by atomic mass is 19.4. The summed E-state index contributed by atoms with van der Waals surface area (Å²) < 4.78 is 64.0. The molecule has 3 aromatic carbocycles. The number of hydrogen-bond acceptors (Lipinski definition) is 4. The number of nitrogens with zero attached hydrogens (tertiary/aromatic N) is 1. The van der Waals surface area contributed by atoms with E-state index >= 15 is 0 Å². The Labute approximate surface area is 213 Å². The average molecular weight is 516 g/mol. The van der Waals surface area contributed by atoms with Crippen LogP contribution < -0.4 is 14.4 Å². The van der Waals surface area contributed by atoms with Gasteiger partial charge in [-0.1, -0.05) is 39.0 Å². The molecule has 0 bridgehead atoms. The molecule has 0 atom stereocenters. The Kier molecular flexibility index (Phi) is 7.48. The Balaban J connectivity index is 1.42. The molecule has 37 heavy (non-hydrogen) atoms. The summed E-state index contributed by atoms with van der Waals surface area (Å²) in [4.78, 5) is 13.8. The molecule has 4 nitrogen and oxygen atoms in total. The van der Waals surface area contributed by atoms with Crippen LogP contribution in [0.25, 0.3) is 11.1 Å². The van der Waals surface area contributed by atoms with Gasteiger partial charge in [-0.05, 0) is 59.5 Å². The van der Waals surface area contributed by atoms with Gasteiger partial charge in [0, 0.05) is 30.1 Å². The zero-order valence-corrected chi connectivity index (χ0v) is 21.0. The first-order valence-electron chi connectivity index (χ1n) is 12.2. The SMILES string of the molecule is CCCC(=O)Oc1ccc(OCCN2CC(C)(C)c3cc(-c4ccc(C(F)(F)F)cc4)ccc32)c(F)c1. The standard InChI is InChI=1S/C29H29F4NO3/c1-4-5-27(35)37-22-11-13-26(24(30)17-22)36-15-14-34-18-28(2,3)23-16-20(8-12-25(23)34)19-6-9-21(10-7-19)29(31,32)33/h6-13,16-17H,4-5,14-15,18H2,1-3H3. The molecule has 3 aromatic rings. The van der Waals surface area contributed by atoms with E-state index in [4.69, 9.17) is 9.47 Å². The van der Waals surface area contributed by atoms with Crippen LogP contribution in [-0.4, -0.2) is 25.7 Å². The van der Waals surface area contributed by atoms with E-state index in [1.807, 2.05) is 25.1 Å². The lowest BCUT2D eigenvalue weighted by atomic mass is 9.85. The van der Waals surface area contributed by atoms with Crippen molar-refractivity contribution in [1.29, 1.82) is 0 Å². The quantitative estimate of drug-likeness (QED) is 0.178. The fourth-order valence-corrected chi connectivity index (χ4v) is 4.55. The predicted molar refractivity (Wildman–Crippen MR) is 135 cm³/mol. The van der Waals surface area contributed by atoms with Crippen molar-refractivity contribution in [3.8, 4) is 22.6 Å². The largest absolute Gasteiger partial charge is 0.489 e. The summed E-state index contributed by atoms with van der Waals surface area (Å²) in [6, 6.07) is 15.1. The first kappa shape index (κ1) is 26.5. The summed E-state index contributed by atoms with van der Waals surface area (Å²) in [6.45, 7) is 7.56. The Bertz CT molecular complexity index is 1270. The van der Waals surface area contributed by atoms with Crippen LogP contribution in [0, 0.1) is 5.82 Å². The lowest BCUT2D eigenvalue weighted by molar-refractivity contribution is -0.137. The summed E-state index contributed by atoms with van der Waals surface area (Å²) in [5.74, 6) is -0.800. The summed E-state index contributed by atoms with van der Waals surface area (Å²) in [5.41, 5.74) is 2.81. The molecule has 1 aliphatic heterocycles. The lowest BCUT2D eigenvalue weighted by Crippen LogP contribution is -2.31. The van der Waals surface area contributed by atoms with Gasteiger partial charge in [0.25, 0.3) is 0 Å². The van der Waals surface area contributed by atoms with Crippen molar-refractivity contribution in [1.82, 2.24) is 0 Å². The highest BCUT2D eigenvalue weighted by Crippen LogP contribution is 2.42. The smallest absolute Gasteiger partial charge is 0.416 e. The molecule has 4 rings (SSSR count). The van der Waals surface area contributed by atoms with Crippen LogP contribution in [0.1, 0.15) is 44.7 Å². The Morgan fingerprint density at radius 1 is 1.00 bits per heavy atom. The number of benzene rings is 3. The van der Waals surface area contributed by atoms with Crippen LogP contribution in [-0.2, 0) is 16.4 Å². The minimum Gasteiger partial charge on any atom is -0.489 e. The first-order chi connectivity index (χ1) is 17.5. The van der Waals surface area contributed by atoms with E-state index < -0.39 is 23.5 Å². The van der Waals surface area contributed by atoms with E-state index in [0.29, 0.717) is 18.5 Å². The molecular weight excluding hydrogens is 486 g/mol. The molecule has 0 radical (unpaired) electrons. The van der Waals surface area contributed by atoms with Crippen molar-refractivity contribution in [3.63, 3.8) is 0 Å². The van der Waals surface area contributed by atoms with E-state index in [0.717, 1.165) is 41.6 Å². The van der Waals surface area contributed by atoms with Gasteiger partial charge in [-0.3, -0.25) is 4.79 Å². The molecule has 8 heteroatoms. The molecule has 1 heterocycles. The zero-order chi connectivity index (χ0) is 26.8. The lowest BCUT2D eigenvalue weighted by Gasteiger charge is -2.22.